The lowest BCUT2D eigenvalue weighted by Gasteiger charge is -2.38. The Kier molecular flexibility index (Phi) is 7.31. The molecule has 1 aromatic carbocycles. The zero-order chi connectivity index (χ0) is 21.8. The molecule has 0 saturated carbocycles. The molecule has 3 heteroatoms. The summed E-state index contributed by atoms with van der Waals surface area (Å²) < 4.78 is 0. The molecule has 172 valence electrons. The molecule has 0 bridgehead atoms. The van der Waals surface area contributed by atoms with Gasteiger partial charge >= 0.3 is 0 Å². The fourth-order valence-electron chi connectivity index (χ4n) is 5.68. The third-order valence-electron chi connectivity index (χ3n) is 7.98. The summed E-state index contributed by atoms with van der Waals surface area (Å²) in [6, 6.07) is 7.38. The fourth-order valence-corrected chi connectivity index (χ4v) is 5.68. The van der Waals surface area contributed by atoms with Gasteiger partial charge in [-0.2, -0.15) is 0 Å². The highest BCUT2D eigenvalue weighted by Gasteiger charge is 2.28. The Labute approximate surface area is 191 Å². The minimum Gasteiger partial charge on any atom is -0.371 e. The van der Waals surface area contributed by atoms with Crippen molar-refractivity contribution in [2.75, 3.05) is 55.6 Å². The van der Waals surface area contributed by atoms with E-state index in [9.17, 15) is 0 Å². The highest BCUT2D eigenvalue weighted by Crippen LogP contribution is 2.42. The van der Waals surface area contributed by atoms with E-state index in [1.807, 2.05) is 0 Å². The van der Waals surface area contributed by atoms with Gasteiger partial charge < -0.3 is 9.80 Å². The summed E-state index contributed by atoms with van der Waals surface area (Å²) in [5, 5.41) is 0. The maximum atomic E-state index is 2.69. The highest BCUT2D eigenvalue weighted by molar-refractivity contribution is 5.80. The van der Waals surface area contributed by atoms with Gasteiger partial charge in [0, 0.05) is 56.2 Å². The van der Waals surface area contributed by atoms with Crippen molar-refractivity contribution in [2.45, 2.75) is 72.6 Å². The molecule has 0 aromatic heterocycles. The molecular weight excluding hydrogens is 378 g/mol. The zero-order valence-electron chi connectivity index (χ0n) is 20.6. The Balaban J connectivity index is 1.56. The maximum absolute atomic E-state index is 2.69. The summed E-state index contributed by atoms with van der Waals surface area (Å²) in [7, 11) is 0. The van der Waals surface area contributed by atoms with Gasteiger partial charge in [0.2, 0.25) is 0 Å². The Morgan fingerprint density at radius 1 is 0.935 bits per heavy atom. The molecule has 0 amide bonds. The second-order valence-electron chi connectivity index (χ2n) is 11.1. The Bertz CT molecular complexity index is 746. The smallest absolute Gasteiger partial charge is 0.0464 e. The second-order valence-corrected chi connectivity index (χ2v) is 11.1. The predicted molar refractivity (Wildman–Crippen MR) is 136 cm³/mol. The molecule has 3 nitrogen and oxygen atoms in total. The predicted octanol–water partition coefficient (Wildman–Crippen LogP) is 6.44. The normalized spacial score (nSPS) is 23.4. The molecule has 31 heavy (non-hydrogen) atoms. The van der Waals surface area contributed by atoms with Gasteiger partial charge in [-0.25, -0.2) is 0 Å². The molecule has 1 atom stereocenters. The van der Waals surface area contributed by atoms with Crippen molar-refractivity contribution >= 4 is 16.9 Å². The van der Waals surface area contributed by atoms with Crippen LogP contribution in [-0.2, 0) is 0 Å². The van der Waals surface area contributed by atoms with E-state index in [-0.39, 0.29) is 0 Å². The molecule has 2 fully saturated rings. The molecule has 0 N–H and O–H groups in total. The van der Waals surface area contributed by atoms with Gasteiger partial charge in [-0.15, -0.1) is 0 Å². The van der Waals surface area contributed by atoms with Gasteiger partial charge in [0.05, 0.1) is 0 Å². The van der Waals surface area contributed by atoms with Gasteiger partial charge in [0.15, 0.2) is 0 Å². The van der Waals surface area contributed by atoms with Crippen molar-refractivity contribution in [1.82, 2.24) is 4.90 Å². The number of hydrogen-bond acceptors (Lipinski definition) is 3. The lowest BCUT2D eigenvalue weighted by atomic mass is 9.72. The van der Waals surface area contributed by atoms with E-state index in [1.165, 1.54) is 94.6 Å². The van der Waals surface area contributed by atoms with Crippen molar-refractivity contribution in [3.05, 3.63) is 29.8 Å². The van der Waals surface area contributed by atoms with E-state index in [4.69, 9.17) is 0 Å². The number of allylic oxidation sites excluding steroid dienone is 2. The Hall–Kier alpha value is -1.48. The quantitative estimate of drug-likeness (QED) is 0.521. The molecule has 1 aromatic rings. The van der Waals surface area contributed by atoms with Crippen LogP contribution in [0.1, 0.15) is 78.2 Å². The van der Waals surface area contributed by atoms with Crippen LogP contribution in [0.25, 0.3) is 5.57 Å². The third kappa shape index (κ3) is 5.48. The van der Waals surface area contributed by atoms with Crippen LogP contribution >= 0.6 is 0 Å². The molecule has 0 radical (unpaired) electrons. The van der Waals surface area contributed by atoms with Crippen molar-refractivity contribution in [1.29, 1.82) is 0 Å². The largest absolute Gasteiger partial charge is 0.371 e. The molecule has 3 aliphatic rings. The Morgan fingerprint density at radius 2 is 1.68 bits per heavy atom. The standard InChI is InChI=1S/C28H45N3/c1-5-6-15-29-18-20-31(21-19-29)27-22-25(30-16-7-8-17-30)13-14-26(27)23-9-11-24(12-10-23)28(2,3)4/h9,13-14,22,24H,5-8,10-12,15-21H2,1-4H3. The highest BCUT2D eigenvalue weighted by atomic mass is 15.3. The minimum absolute atomic E-state index is 0.416. The summed E-state index contributed by atoms with van der Waals surface area (Å²) in [6.45, 7) is 18.0. The van der Waals surface area contributed by atoms with Gasteiger partial charge in [-0.1, -0.05) is 46.3 Å². The fraction of sp³-hybridized carbons (Fsp3) is 0.714. The summed E-state index contributed by atoms with van der Waals surface area (Å²) >= 11 is 0. The third-order valence-corrected chi connectivity index (χ3v) is 7.98. The van der Waals surface area contributed by atoms with Crippen molar-refractivity contribution in [3.63, 3.8) is 0 Å². The molecular formula is C28H45N3. The van der Waals surface area contributed by atoms with Crippen molar-refractivity contribution < 1.29 is 0 Å². The van der Waals surface area contributed by atoms with Crippen molar-refractivity contribution in [3.8, 4) is 0 Å². The first kappa shape index (κ1) is 22.7. The summed E-state index contributed by atoms with van der Waals surface area (Å²) in [5.74, 6) is 0.811. The van der Waals surface area contributed by atoms with E-state index in [2.05, 4.69) is 66.7 Å². The number of unbranched alkanes of at least 4 members (excludes halogenated alkanes) is 1. The van der Waals surface area contributed by atoms with Crippen LogP contribution in [0.5, 0.6) is 0 Å². The van der Waals surface area contributed by atoms with Crippen LogP contribution in [0, 0.1) is 11.3 Å². The monoisotopic (exact) mass is 423 g/mol. The van der Waals surface area contributed by atoms with E-state index in [0.29, 0.717) is 5.41 Å². The van der Waals surface area contributed by atoms with Crippen LogP contribution in [0.4, 0.5) is 11.4 Å². The first-order chi connectivity index (χ1) is 15.0. The second kappa shape index (κ2) is 9.98. The Morgan fingerprint density at radius 3 is 2.29 bits per heavy atom. The van der Waals surface area contributed by atoms with Gasteiger partial charge in [-0.05, 0) is 74.1 Å². The van der Waals surface area contributed by atoms with E-state index >= 15 is 0 Å². The average molecular weight is 424 g/mol. The average Bonchev–Trinajstić information content (AvgIpc) is 3.32. The molecule has 4 rings (SSSR count). The van der Waals surface area contributed by atoms with Gasteiger partial charge in [-0.3, -0.25) is 4.90 Å². The number of piperazine rings is 1. The van der Waals surface area contributed by atoms with Crippen LogP contribution in [0.15, 0.2) is 24.3 Å². The molecule has 2 aliphatic heterocycles. The maximum Gasteiger partial charge on any atom is 0.0464 e. The first-order valence-electron chi connectivity index (χ1n) is 13.0. The lowest BCUT2D eigenvalue weighted by molar-refractivity contribution is 0.225. The number of nitrogens with zero attached hydrogens (tertiary/aromatic N) is 3. The molecule has 1 unspecified atom stereocenters. The number of hydrogen-bond donors (Lipinski definition) is 0. The molecule has 2 heterocycles. The van der Waals surface area contributed by atoms with E-state index < -0.39 is 0 Å². The minimum atomic E-state index is 0.416. The topological polar surface area (TPSA) is 9.72 Å². The van der Waals surface area contributed by atoms with Crippen LogP contribution in [0.3, 0.4) is 0 Å². The zero-order valence-corrected chi connectivity index (χ0v) is 20.6. The van der Waals surface area contributed by atoms with Gasteiger partial charge in [0.1, 0.15) is 0 Å². The summed E-state index contributed by atoms with van der Waals surface area (Å²) in [4.78, 5) is 7.95. The number of benzene rings is 1. The summed E-state index contributed by atoms with van der Waals surface area (Å²) in [5.41, 5.74) is 6.46. The van der Waals surface area contributed by atoms with E-state index in [0.717, 1.165) is 19.0 Å². The SMILES string of the molecule is CCCCN1CCN(c2cc(N3CCCC3)ccc2C2=CCC(C(C)(C)C)CC2)CC1. The number of rotatable bonds is 6. The first-order valence-corrected chi connectivity index (χ1v) is 13.0. The van der Waals surface area contributed by atoms with Crippen LogP contribution in [0.2, 0.25) is 0 Å². The van der Waals surface area contributed by atoms with Crippen LogP contribution < -0.4 is 9.80 Å². The van der Waals surface area contributed by atoms with Gasteiger partial charge in [0.25, 0.3) is 0 Å². The molecule has 2 saturated heterocycles. The van der Waals surface area contributed by atoms with E-state index in [1.54, 1.807) is 5.57 Å². The van der Waals surface area contributed by atoms with Crippen molar-refractivity contribution in [2.24, 2.45) is 11.3 Å². The van der Waals surface area contributed by atoms with Crippen LogP contribution in [-0.4, -0.2) is 50.7 Å². The summed E-state index contributed by atoms with van der Waals surface area (Å²) in [6.07, 6.45) is 11.7. The molecule has 0 spiro atoms. The lowest BCUT2D eigenvalue weighted by Crippen LogP contribution is -2.47. The molecule has 1 aliphatic carbocycles. The number of anilines is 2.